The van der Waals surface area contributed by atoms with E-state index in [4.69, 9.17) is 5.73 Å². The molecule has 2 unspecified atom stereocenters. The first kappa shape index (κ1) is 10.0. The molecule has 1 rings (SSSR count). The summed E-state index contributed by atoms with van der Waals surface area (Å²) in [6.07, 6.45) is 6.99. The maximum Gasteiger partial charge on any atom is -0.00772 e. The van der Waals surface area contributed by atoms with Crippen molar-refractivity contribution in [3.8, 4) is 0 Å². The van der Waals surface area contributed by atoms with Crippen LogP contribution in [0.15, 0.2) is 0 Å². The molecule has 1 aliphatic rings. The predicted octanol–water partition coefficient (Wildman–Crippen LogP) is 2.80. The lowest BCUT2D eigenvalue weighted by atomic mass is 9.83. The Bertz CT molecular complexity index is 120. The zero-order valence-corrected chi connectivity index (χ0v) is 8.55. The lowest BCUT2D eigenvalue weighted by molar-refractivity contribution is 0.278. The Balaban J connectivity index is 2.30. The third-order valence-electron chi connectivity index (χ3n) is 3.35. The van der Waals surface area contributed by atoms with Gasteiger partial charge in [0.25, 0.3) is 0 Å². The van der Waals surface area contributed by atoms with Crippen molar-refractivity contribution in [1.82, 2.24) is 0 Å². The Morgan fingerprint density at radius 3 is 2.67 bits per heavy atom. The Morgan fingerprint density at radius 2 is 2.08 bits per heavy atom. The van der Waals surface area contributed by atoms with Gasteiger partial charge in [-0.3, -0.25) is 0 Å². The molecule has 0 bridgehead atoms. The van der Waals surface area contributed by atoms with E-state index in [1.807, 2.05) is 0 Å². The Morgan fingerprint density at radius 1 is 1.33 bits per heavy atom. The van der Waals surface area contributed by atoms with Crippen LogP contribution in [0, 0.1) is 17.8 Å². The highest BCUT2D eigenvalue weighted by Gasteiger charge is 2.28. The molecule has 0 aliphatic heterocycles. The molecule has 0 radical (unpaired) electrons. The first-order valence-electron chi connectivity index (χ1n) is 5.45. The summed E-state index contributed by atoms with van der Waals surface area (Å²) in [5.41, 5.74) is 5.53. The molecule has 1 fully saturated rings. The van der Waals surface area contributed by atoms with E-state index in [0.717, 1.165) is 24.3 Å². The van der Waals surface area contributed by atoms with Gasteiger partial charge in [0.05, 0.1) is 0 Å². The average molecular weight is 169 g/mol. The Kier molecular flexibility index (Phi) is 4.07. The third kappa shape index (κ3) is 2.48. The van der Waals surface area contributed by atoms with Crippen LogP contribution in [0.5, 0.6) is 0 Å². The minimum absolute atomic E-state index is 0.876. The molecule has 1 nitrogen and oxygen atoms in total. The van der Waals surface area contributed by atoms with Crippen molar-refractivity contribution in [1.29, 1.82) is 0 Å². The summed E-state index contributed by atoms with van der Waals surface area (Å²) in [7, 11) is 0. The number of hydrogen-bond acceptors (Lipinski definition) is 1. The van der Waals surface area contributed by atoms with Crippen LogP contribution in [0.2, 0.25) is 0 Å². The molecule has 72 valence electrons. The van der Waals surface area contributed by atoms with Crippen molar-refractivity contribution in [2.75, 3.05) is 6.54 Å². The molecule has 0 aromatic heterocycles. The van der Waals surface area contributed by atoms with Gasteiger partial charge in [0.15, 0.2) is 0 Å². The van der Waals surface area contributed by atoms with Crippen LogP contribution in [0.3, 0.4) is 0 Å². The molecule has 2 atom stereocenters. The smallest absolute Gasteiger partial charge is 0.00772 e. The highest BCUT2D eigenvalue weighted by molar-refractivity contribution is 4.79. The van der Waals surface area contributed by atoms with Gasteiger partial charge in [-0.1, -0.05) is 26.7 Å². The van der Waals surface area contributed by atoms with E-state index in [-0.39, 0.29) is 0 Å². The van der Waals surface area contributed by atoms with Gasteiger partial charge in [0.2, 0.25) is 0 Å². The largest absolute Gasteiger partial charge is 0.330 e. The number of rotatable bonds is 4. The van der Waals surface area contributed by atoms with Crippen LogP contribution in [-0.4, -0.2) is 6.54 Å². The Labute approximate surface area is 76.7 Å². The maximum atomic E-state index is 5.53. The van der Waals surface area contributed by atoms with E-state index in [0.29, 0.717) is 0 Å². The van der Waals surface area contributed by atoms with Crippen LogP contribution in [0.25, 0.3) is 0 Å². The molecular formula is C11H23N. The molecule has 0 heterocycles. The fraction of sp³-hybridized carbons (Fsp3) is 1.00. The minimum atomic E-state index is 0.876. The van der Waals surface area contributed by atoms with Gasteiger partial charge in [-0.05, 0) is 43.6 Å². The second-order valence-corrected chi connectivity index (χ2v) is 4.53. The van der Waals surface area contributed by atoms with Crippen LogP contribution in [-0.2, 0) is 0 Å². The standard InChI is InChI=1S/C11H23N/c1-9(2)11-7-3-5-10(11)6-4-8-12/h9-11H,3-8,12H2,1-2H3. The summed E-state index contributed by atoms with van der Waals surface area (Å²) in [6, 6.07) is 0. The second kappa shape index (κ2) is 4.86. The topological polar surface area (TPSA) is 26.0 Å². The van der Waals surface area contributed by atoms with Gasteiger partial charge >= 0.3 is 0 Å². The average Bonchev–Trinajstić information content (AvgIpc) is 2.48. The van der Waals surface area contributed by atoms with Crippen molar-refractivity contribution in [3.63, 3.8) is 0 Å². The van der Waals surface area contributed by atoms with Gasteiger partial charge in [-0.25, -0.2) is 0 Å². The molecule has 1 aliphatic carbocycles. The zero-order chi connectivity index (χ0) is 8.97. The molecule has 12 heavy (non-hydrogen) atoms. The third-order valence-corrected chi connectivity index (χ3v) is 3.35. The zero-order valence-electron chi connectivity index (χ0n) is 8.55. The second-order valence-electron chi connectivity index (χ2n) is 4.53. The van der Waals surface area contributed by atoms with E-state index >= 15 is 0 Å². The summed E-state index contributed by atoms with van der Waals surface area (Å²) in [6.45, 7) is 5.61. The normalized spacial score (nSPS) is 30.0. The highest BCUT2D eigenvalue weighted by atomic mass is 14.5. The highest BCUT2D eigenvalue weighted by Crippen LogP contribution is 2.39. The monoisotopic (exact) mass is 169 g/mol. The van der Waals surface area contributed by atoms with Gasteiger partial charge in [-0.15, -0.1) is 0 Å². The van der Waals surface area contributed by atoms with Crippen molar-refractivity contribution >= 4 is 0 Å². The predicted molar refractivity (Wildman–Crippen MR) is 54.0 cm³/mol. The summed E-state index contributed by atoms with van der Waals surface area (Å²) in [5.74, 6) is 2.88. The molecule has 1 heteroatoms. The summed E-state index contributed by atoms with van der Waals surface area (Å²) >= 11 is 0. The number of nitrogens with two attached hydrogens (primary N) is 1. The summed E-state index contributed by atoms with van der Waals surface area (Å²) < 4.78 is 0. The molecule has 0 saturated heterocycles. The van der Waals surface area contributed by atoms with Gasteiger partial charge < -0.3 is 5.73 Å². The van der Waals surface area contributed by atoms with Crippen LogP contribution in [0.1, 0.15) is 46.0 Å². The lowest BCUT2D eigenvalue weighted by Crippen LogP contribution is -2.15. The lowest BCUT2D eigenvalue weighted by Gasteiger charge is -2.22. The first-order valence-corrected chi connectivity index (χ1v) is 5.45. The van der Waals surface area contributed by atoms with E-state index in [1.54, 1.807) is 0 Å². The molecule has 0 spiro atoms. The number of hydrogen-bond donors (Lipinski definition) is 1. The van der Waals surface area contributed by atoms with Gasteiger partial charge in [0, 0.05) is 0 Å². The Hall–Kier alpha value is -0.0400. The van der Waals surface area contributed by atoms with E-state index in [1.165, 1.54) is 32.1 Å². The van der Waals surface area contributed by atoms with E-state index < -0.39 is 0 Å². The van der Waals surface area contributed by atoms with Crippen molar-refractivity contribution in [2.24, 2.45) is 23.5 Å². The van der Waals surface area contributed by atoms with E-state index in [9.17, 15) is 0 Å². The quantitative estimate of drug-likeness (QED) is 0.688. The molecule has 0 aromatic carbocycles. The summed E-state index contributed by atoms with van der Waals surface area (Å²) in [4.78, 5) is 0. The maximum absolute atomic E-state index is 5.53. The van der Waals surface area contributed by atoms with Gasteiger partial charge in [-0.2, -0.15) is 0 Å². The fourth-order valence-corrected chi connectivity index (χ4v) is 2.68. The van der Waals surface area contributed by atoms with Crippen molar-refractivity contribution in [2.45, 2.75) is 46.0 Å². The summed E-state index contributed by atoms with van der Waals surface area (Å²) in [5, 5.41) is 0. The fourth-order valence-electron chi connectivity index (χ4n) is 2.68. The molecule has 0 amide bonds. The van der Waals surface area contributed by atoms with Crippen LogP contribution >= 0.6 is 0 Å². The molecule has 2 N–H and O–H groups in total. The van der Waals surface area contributed by atoms with Crippen molar-refractivity contribution in [3.05, 3.63) is 0 Å². The molecule has 1 saturated carbocycles. The van der Waals surface area contributed by atoms with E-state index in [2.05, 4.69) is 13.8 Å². The van der Waals surface area contributed by atoms with Crippen LogP contribution < -0.4 is 5.73 Å². The minimum Gasteiger partial charge on any atom is -0.330 e. The van der Waals surface area contributed by atoms with Crippen LogP contribution in [0.4, 0.5) is 0 Å². The SMILES string of the molecule is CC(C)C1CCCC1CCCN. The van der Waals surface area contributed by atoms with Crippen molar-refractivity contribution < 1.29 is 0 Å². The van der Waals surface area contributed by atoms with Gasteiger partial charge in [0.1, 0.15) is 0 Å². The molecular weight excluding hydrogens is 146 g/mol. The molecule has 0 aromatic rings. The first-order chi connectivity index (χ1) is 5.75.